The minimum Gasteiger partial charge on any atom is -0.352 e. The van der Waals surface area contributed by atoms with Crippen LogP contribution in [0.5, 0.6) is 0 Å². The van der Waals surface area contributed by atoms with E-state index < -0.39 is 11.1 Å². The second-order valence-corrected chi connectivity index (χ2v) is 7.03. The van der Waals surface area contributed by atoms with Crippen LogP contribution in [0.25, 0.3) is 0 Å². The monoisotopic (exact) mass is 341 g/mol. The van der Waals surface area contributed by atoms with Crippen LogP contribution in [0.15, 0.2) is 28.6 Å². The number of amides is 2. The van der Waals surface area contributed by atoms with Crippen LogP contribution in [-0.4, -0.2) is 29.0 Å². The van der Waals surface area contributed by atoms with Crippen molar-refractivity contribution in [3.8, 4) is 12.3 Å². The number of nitrogens with zero attached hydrogens (tertiary/aromatic N) is 3. The van der Waals surface area contributed by atoms with Crippen molar-refractivity contribution in [3.63, 3.8) is 0 Å². The summed E-state index contributed by atoms with van der Waals surface area (Å²) < 4.78 is 0. The smallest absolute Gasteiger partial charge is 0.252 e. The van der Waals surface area contributed by atoms with E-state index in [1.54, 1.807) is 12.1 Å². The van der Waals surface area contributed by atoms with Gasteiger partial charge in [-0.2, -0.15) is 10.2 Å². The highest BCUT2D eigenvalue weighted by Crippen LogP contribution is 2.36. The van der Waals surface area contributed by atoms with Gasteiger partial charge in [0.2, 0.25) is 5.91 Å². The molecular formula is C18H23N5O2. The number of hydrogen-bond acceptors (Lipinski definition) is 5. The molecule has 1 aliphatic rings. The second-order valence-electron chi connectivity index (χ2n) is 7.03. The summed E-state index contributed by atoms with van der Waals surface area (Å²) in [6.45, 7) is 5.91. The van der Waals surface area contributed by atoms with Crippen LogP contribution in [-0.2, 0) is 4.79 Å². The molecule has 7 nitrogen and oxygen atoms in total. The van der Waals surface area contributed by atoms with Gasteiger partial charge in [-0.15, -0.1) is 12.3 Å². The average Bonchev–Trinajstić information content (AvgIpc) is 3.33. The first-order valence-electron chi connectivity index (χ1n) is 8.19. The minimum absolute atomic E-state index is 0.133. The Hall–Kier alpha value is -2.75. The van der Waals surface area contributed by atoms with Crippen LogP contribution in [0.3, 0.4) is 0 Å². The molecule has 0 spiro atoms. The van der Waals surface area contributed by atoms with E-state index >= 15 is 0 Å². The molecule has 0 aliphatic carbocycles. The highest BCUT2D eigenvalue weighted by atomic mass is 16.2. The third kappa shape index (κ3) is 5.38. The minimum atomic E-state index is -0.508. The average molecular weight is 341 g/mol. The third-order valence-corrected chi connectivity index (χ3v) is 3.81. The number of rotatable bonds is 7. The molecule has 1 aromatic heterocycles. The molecule has 2 rings (SSSR count). The Morgan fingerprint density at radius 2 is 1.96 bits per heavy atom. The number of hydrogen-bond donors (Lipinski definition) is 2. The Balaban J connectivity index is 1.81. The van der Waals surface area contributed by atoms with E-state index in [0.717, 1.165) is 0 Å². The second kappa shape index (κ2) is 7.43. The van der Waals surface area contributed by atoms with Gasteiger partial charge in [0, 0.05) is 37.4 Å². The molecule has 132 valence electrons. The zero-order chi connectivity index (χ0) is 18.5. The van der Waals surface area contributed by atoms with Crippen LogP contribution < -0.4 is 10.6 Å². The number of terminal acetylenes is 1. The predicted octanol–water partition coefficient (Wildman–Crippen LogP) is 2.76. The maximum Gasteiger partial charge on any atom is 0.252 e. The normalized spacial score (nSPS) is 14.5. The fourth-order valence-electron chi connectivity index (χ4n) is 2.05. The Labute approximate surface area is 147 Å². The van der Waals surface area contributed by atoms with E-state index in [1.807, 2.05) is 20.8 Å². The number of pyridine rings is 1. The lowest BCUT2D eigenvalue weighted by Gasteiger charge is -2.17. The molecule has 0 aromatic carbocycles. The number of aromatic nitrogens is 1. The van der Waals surface area contributed by atoms with Crippen LogP contribution in [0.2, 0.25) is 0 Å². The molecule has 0 unspecified atom stereocenters. The van der Waals surface area contributed by atoms with E-state index in [0.29, 0.717) is 37.2 Å². The first kappa shape index (κ1) is 18.6. The van der Waals surface area contributed by atoms with Crippen molar-refractivity contribution in [1.82, 2.24) is 10.3 Å². The Morgan fingerprint density at radius 3 is 2.48 bits per heavy atom. The van der Waals surface area contributed by atoms with Gasteiger partial charge < -0.3 is 10.6 Å². The number of nitrogens with one attached hydrogen (secondary N) is 2. The van der Waals surface area contributed by atoms with Gasteiger partial charge >= 0.3 is 0 Å². The molecule has 2 amide bonds. The van der Waals surface area contributed by atoms with Crippen LogP contribution in [0, 0.1) is 17.8 Å². The first-order valence-corrected chi connectivity index (χ1v) is 8.19. The van der Waals surface area contributed by atoms with Crippen LogP contribution in [0.4, 0.5) is 5.82 Å². The lowest BCUT2D eigenvalue weighted by Crippen LogP contribution is -2.29. The summed E-state index contributed by atoms with van der Waals surface area (Å²) in [6, 6.07) is 3.24. The van der Waals surface area contributed by atoms with Crippen LogP contribution >= 0.6 is 0 Å². The van der Waals surface area contributed by atoms with Gasteiger partial charge in [0.15, 0.2) is 5.66 Å². The van der Waals surface area contributed by atoms with Crippen molar-refractivity contribution in [2.24, 2.45) is 15.6 Å². The highest BCUT2D eigenvalue weighted by Gasteiger charge is 2.38. The van der Waals surface area contributed by atoms with E-state index in [4.69, 9.17) is 6.42 Å². The molecule has 0 atom stereocenters. The molecule has 25 heavy (non-hydrogen) atoms. The van der Waals surface area contributed by atoms with Crippen molar-refractivity contribution in [2.45, 2.75) is 45.7 Å². The summed E-state index contributed by atoms with van der Waals surface area (Å²) in [5, 5.41) is 13.6. The van der Waals surface area contributed by atoms with Gasteiger partial charge in [-0.05, 0) is 12.1 Å². The highest BCUT2D eigenvalue weighted by molar-refractivity contribution is 5.95. The molecular weight excluding hydrogens is 318 g/mol. The predicted molar refractivity (Wildman–Crippen MR) is 94.9 cm³/mol. The molecule has 0 radical (unpaired) electrons. The van der Waals surface area contributed by atoms with Gasteiger partial charge in [-0.25, -0.2) is 4.98 Å². The quantitative estimate of drug-likeness (QED) is 0.746. The van der Waals surface area contributed by atoms with Crippen LogP contribution in [0.1, 0.15) is 50.4 Å². The first-order chi connectivity index (χ1) is 11.8. The Morgan fingerprint density at radius 1 is 1.24 bits per heavy atom. The lowest BCUT2D eigenvalue weighted by molar-refractivity contribution is -0.123. The van der Waals surface area contributed by atoms with E-state index in [1.165, 1.54) is 6.20 Å². The van der Waals surface area contributed by atoms with Crippen molar-refractivity contribution >= 4 is 17.6 Å². The van der Waals surface area contributed by atoms with E-state index in [-0.39, 0.29) is 11.8 Å². The Kier molecular flexibility index (Phi) is 5.52. The molecule has 0 fully saturated rings. The summed E-state index contributed by atoms with van der Waals surface area (Å²) in [7, 11) is 0. The van der Waals surface area contributed by atoms with Gasteiger partial charge in [0.1, 0.15) is 5.82 Å². The SMILES string of the molecule is C#CCCC1(CCNC(=O)c2ccc(NC(=O)C(C)(C)C)nc2)N=N1. The maximum absolute atomic E-state index is 12.1. The Bertz CT molecular complexity index is 704. The summed E-state index contributed by atoms with van der Waals surface area (Å²) >= 11 is 0. The number of carbonyl (C=O) groups is 2. The standard InChI is InChI=1S/C18H23N5O2/c1-5-6-9-18(22-23-18)10-11-19-15(24)13-7-8-14(20-12-13)21-16(25)17(2,3)4/h1,7-8,12H,6,9-11H2,2-4H3,(H,19,24)(H,20,21,25). The number of carbonyl (C=O) groups excluding carboxylic acids is 2. The molecule has 0 bridgehead atoms. The van der Waals surface area contributed by atoms with Gasteiger partial charge in [0.05, 0.1) is 5.56 Å². The molecule has 2 heterocycles. The zero-order valence-corrected chi connectivity index (χ0v) is 14.8. The summed E-state index contributed by atoms with van der Waals surface area (Å²) in [5.74, 6) is 2.63. The van der Waals surface area contributed by atoms with E-state index in [2.05, 4.69) is 31.8 Å². The van der Waals surface area contributed by atoms with Crippen molar-refractivity contribution in [3.05, 3.63) is 23.9 Å². The van der Waals surface area contributed by atoms with Gasteiger partial charge in [-0.1, -0.05) is 20.8 Å². The third-order valence-electron chi connectivity index (χ3n) is 3.81. The number of anilines is 1. The van der Waals surface area contributed by atoms with Crippen molar-refractivity contribution in [2.75, 3.05) is 11.9 Å². The molecule has 2 N–H and O–H groups in total. The lowest BCUT2D eigenvalue weighted by atomic mass is 9.96. The van der Waals surface area contributed by atoms with Gasteiger partial charge in [-0.3, -0.25) is 9.59 Å². The fraction of sp³-hybridized carbons (Fsp3) is 0.500. The molecule has 0 saturated heterocycles. The molecule has 1 aliphatic heterocycles. The summed E-state index contributed by atoms with van der Waals surface area (Å²) in [5.41, 5.74) is -0.485. The molecule has 0 saturated carbocycles. The molecule has 1 aromatic rings. The topological polar surface area (TPSA) is 95.8 Å². The molecule has 7 heteroatoms. The van der Waals surface area contributed by atoms with E-state index in [9.17, 15) is 9.59 Å². The zero-order valence-electron chi connectivity index (χ0n) is 14.8. The summed E-state index contributed by atoms with van der Waals surface area (Å²) in [6.07, 6.45) is 8.65. The van der Waals surface area contributed by atoms with Crippen molar-refractivity contribution < 1.29 is 9.59 Å². The van der Waals surface area contributed by atoms with Crippen molar-refractivity contribution in [1.29, 1.82) is 0 Å². The summed E-state index contributed by atoms with van der Waals surface area (Å²) in [4.78, 5) is 28.1. The fourth-order valence-corrected chi connectivity index (χ4v) is 2.05. The van der Waals surface area contributed by atoms with Gasteiger partial charge in [0.25, 0.3) is 5.91 Å². The largest absolute Gasteiger partial charge is 0.352 e. The maximum atomic E-state index is 12.1.